The van der Waals surface area contributed by atoms with Crippen LogP contribution in [0.4, 0.5) is 0 Å². The molecule has 1 nitrogen and oxygen atoms in total. The third-order valence-electron chi connectivity index (χ3n) is 4.68. The van der Waals surface area contributed by atoms with Crippen molar-refractivity contribution >= 4 is 5.78 Å². The number of Topliss-reactive ketones (excluding diaryl/α,β-unsaturated/α-hetero) is 1. The van der Waals surface area contributed by atoms with Gasteiger partial charge in [0, 0.05) is 12.8 Å². The van der Waals surface area contributed by atoms with E-state index < -0.39 is 0 Å². The highest BCUT2D eigenvalue weighted by Crippen LogP contribution is 2.54. The molecule has 0 heterocycles. The van der Waals surface area contributed by atoms with Crippen LogP contribution in [-0.4, -0.2) is 5.78 Å². The van der Waals surface area contributed by atoms with Gasteiger partial charge in [-0.25, -0.2) is 0 Å². The second-order valence-corrected chi connectivity index (χ2v) is 5.31. The normalized spacial score (nSPS) is 49.1. The molecule has 0 bridgehead atoms. The Morgan fingerprint density at radius 2 is 1.77 bits per heavy atom. The van der Waals surface area contributed by atoms with Gasteiger partial charge in [0.05, 0.1) is 0 Å². The fourth-order valence-corrected chi connectivity index (χ4v) is 4.20. The number of rotatable bonds is 0. The number of hydrogen-bond donors (Lipinski definition) is 0. The molecule has 13 heavy (non-hydrogen) atoms. The maximum absolute atomic E-state index is 11.3. The van der Waals surface area contributed by atoms with Crippen molar-refractivity contribution in [1.29, 1.82) is 0 Å². The largest absolute Gasteiger partial charge is 0.300 e. The smallest absolute Gasteiger partial charge is 0.133 e. The molecule has 0 N–H and O–H groups in total. The summed E-state index contributed by atoms with van der Waals surface area (Å²) in [7, 11) is 0. The summed E-state index contributed by atoms with van der Waals surface area (Å²) in [6.45, 7) is 0. The first-order chi connectivity index (χ1) is 6.34. The molecule has 0 spiro atoms. The second-order valence-electron chi connectivity index (χ2n) is 5.31. The predicted molar refractivity (Wildman–Crippen MR) is 51.3 cm³/mol. The number of hydrogen-bond acceptors (Lipinski definition) is 1. The molecule has 4 atom stereocenters. The van der Waals surface area contributed by atoms with Crippen LogP contribution in [0.5, 0.6) is 0 Å². The topological polar surface area (TPSA) is 17.1 Å². The number of ketones is 1. The third kappa shape index (κ3) is 1.16. The predicted octanol–water partition coefficient (Wildman–Crippen LogP) is 2.79. The molecule has 0 aromatic carbocycles. The van der Waals surface area contributed by atoms with Gasteiger partial charge >= 0.3 is 0 Å². The van der Waals surface area contributed by atoms with E-state index in [2.05, 4.69) is 0 Å². The van der Waals surface area contributed by atoms with Crippen molar-refractivity contribution < 1.29 is 4.79 Å². The molecule has 3 rings (SSSR count). The first kappa shape index (κ1) is 8.02. The van der Waals surface area contributed by atoms with E-state index in [1.165, 1.54) is 32.1 Å². The molecular weight excluding hydrogens is 160 g/mol. The molecule has 0 aliphatic heterocycles. The van der Waals surface area contributed by atoms with E-state index in [0.717, 1.165) is 36.5 Å². The first-order valence-corrected chi connectivity index (χ1v) is 5.86. The van der Waals surface area contributed by atoms with Crippen LogP contribution in [0.25, 0.3) is 0 Å². The Kier molecular flexibility index (Phi) is 1.75. The molecule has 72 valence electrons. The minimum absolute atomic E-state index is 0.555. The highest BCUT2D eigenvalue weighted by Gasteiger charge is 2.48. The maximum atomic E-state index is 11.3. The standard InChI is InChI=1S/C12H18O/c13-10-6-9-5-8-3-1-2-4-11(8)12(9)7-10/h8-9,11-12H,1-7H2. The van der Waals surface area contributed by atoms with E-state index in [1.807, 2.05) is 0 Å². The lowest BCUT2D eigenvalue weighted by atomic mass is 9.77. The zero-order valence-electron chi connectivity index (χ0n) is 8.17. The van der Waals surface area contributed by atoms with Gasteiger partial charge in [0.25, 0.3) is 0 Å². The molecular formula is C12H18O. The first-order valence-electron chi connectivity index (χ1n) is 5.86. The molecule has 0 radical (unpaired) electrons. The summed E-state index contributed by atoms with van der Waals surface area (Å²) in [4.78, 5) is 11.3. The summed E-state index contributed by atoms with van der Waals surface area (Å²) >= 11 is 0. The second kappa shape index (κ2) is 2.83. The number of carbonyl (C=O) groups is 1. The van der Waals surface area contributed by atoms with Gasteiger partial charge < -0.3 is 0 Å². The van der Waals surface area contributed by atoms with Gasteiger partial charge in [-0.2, -0.15) is 0 Å². The van der Waals surface area contributed by atoms with Gasteiger partial charge in [-0.1, -0.05) is 19.3 Å². The van der Waals surface area contributed by atoms with Gasteiger partial charge in [-0.15, -0.1) is 0 Å². The molecule has 4 unspecified atom stereocenters. The molecule has 3 aliphatic carbocycles. The van der Waals surface area contributed by atoms with E-state index in [-0.39, 0.29) is 0 Å². The summed E-state index contributed by atoms with van der Waals surface area (Å²) in [6, 6.07) is 0. The average Bonchev–Trinajstić information content (AvgIpc) is 2.60. The summed E-state index contributed by atoms with van der Waals surface area (Å²) in [6.07, 6.45) is 9.03. The molecule has 1 heteroatoms. The van der Waals surface area contributed by atoms with Gasteiger partial charge in [0.15, 0.2) is 0 Å². The summed E-state index contributed by atoms with van der Waals surface area (Å²) < 4.78 is 0. The lowest BCUT2D eigenvalue weighted by Gasteiger charge is -2.28. The van der Waals surface area contributed by atoms with Crippen LogP contribution in [-0.2, 0) is 4.79 Å². The Hall–Kier alpha value is -0.330. The summed E-state index contributed by atoms with van der Waals surface area (Å²) in [5.74, 6) is 4.14. The Morgan fingerprint density at radius 1 is 0.923 bits per heavy atom. The van der Waals surface area contributed by atoms with Crippen molar-refractivity contribution in [1.82, 2.24) is 0 Å². The van der Waals surface area contributed by atoms with Crippen molar-refractivity contribution in [3.63, 3.8) is 0 Å². The summed E-state index contributed by atoms with van der Waals surface area (Å²) in [5, 5.41) is 0. The molecule has 0 aromatic heterocycles. The Morgan fingerprint density at radius 3 is 2.69 bits per heavy atom. The van der Waals surface area contributed by atoms with E-state index in [4.69, 9.17) is 0 Å². The minimum atomic E-state index is 0.555. The van der Waals surface area contributed by atoms with Crippen LogP contribution in [0, 0.1) is 23.7 Å². The molecule has 3 fully saturated rings. The Bertz CT molecular complexity index is 233. The van der Waals surface area contributed by atoms with Gasteiger partial charge in [0.2, 0.25) is 0 Å². The van der Waals surface area contributed by atoms with Crippen molar-refractivity contribution in [3.05, 3.63) is 0 Å². The van der Waals surface area contributed by atoms with E-state index in [1.54, 1.807) is 0 Å². The monoisotopic (exact) mass is 178 g/mol. The van der Waals surface area contributed by atoms with Crippen LogP contribution in [0.15, 0.2) is 0 Å². The van der Waals surface area contributed by atoms with Crippen LogP contribution in [0.1, 0.15) is 44.9 Å². The van der Waals surface area contributed by atoms with Crippen LogP contribution >= 0.6 is 0 Å². The average molecular weight is 178 g/mol. The van der Waals surface area contributed by atoms with Crippen LogP contribution < -0.4 is 0 Å². The fraction of sp³-hybridized carbons (Fsp3) is 0.917. The minimum Gasteiger partial charge on any atom is -0.300 e. The summed E-state index contributed by atoms with van der Waals surface area (Å²) in [5.41, 5.74) is 0. The van der Waals surface area contributed by atoms with Crippen LogP contribution in [0.3, 0.4) is 0 Å². The van der Waals surface area contributed by atoms with E-state index in [9.17, 15) is 4.79 Å². The lowest BCUT2D eigenvalue weighted by molar-refractivity contribution is -0.118. The van der Waals surface area contributed by atoms with Crippen molar-refractivity contribution in [3.8, 4) is 0 Å². The molecule has 0 saturated heterocycles. The molecule has 3 aliphatic rings. The van der Waals surface area contributed by atoms with Crippen LogP contribution in [0.2, 0.25) is 0 Å². The Balaban J connectivity index is 1.80. The van der Waals surface area contributed by atoms with Gasteiger partial charge in [0.1, 0.15) is 5.78 Å². The SMILES string of the molecule is O=C1CC2CC3CCCCC3C2C1. The third-order valence-corrected chi connectivity index (χ3v) is 4.68. The number of fused-ring (bicyclic) bond motifs is 3. The quantitative estimate of drug-likeness (QED) is 0.557. The van der Waals surface area contributed by atoms with Crippen molar-refractivity contribution in [2.24, 2.45) is 23.7 Å². The van der Waals surface area contributed by atoms with E-state index >= 15 is 0 Å². The Labute approximate surface area is 79.9 Å². The van der Waals surface area contributed by atoms with Crippen molar-refractivity contribution in [2.75, 3.05) is 0 Å². The highest BCUT2D eigenvalue weighted by atomic mass is 16.1. The highest BCUT2D eigenvalue weighted by molar-refractivity contribution is 5.81. The fourth-order valence-electron chi connectivity index (χ4n) is 4.20. The zero-order chi connectivity index (χ0) is 8.84. The van der Waals surface area contributed by atoms with Gasteiger partial charge in [-0.3, -0.25) is 4.79 Å². The lowest BCUT2D eigenvalue weighted by Crippen LogP contribution is -2.19. The molecule has 0 amide bonds. The molecule has 3 saturated carbocycles. The van der Waals surface area contributed by atoms with E-state index in [0.29, 0.717) is 5.78 Å². The zero-order valence-corrected chi connectivity index (χ0v) is 8.17. The number of carbonyl (C=O) groups excluding carboxylic acids is 1. The van der Waals surface area contributed by atoms with Crippen molar-refractivity contribution in [2.45, 2.75) is 44.9 Å². The molecule has 0 aromatic rings. The van der Waals surface area contributed by atoms with Gasteiger partial charge in [-0.05, 0) is 36.5 Å². The maximum Gasteiger partial charge on any atom is 0.133 e.